The van der Waals surface area contributed by atoms with Crippen LogP contribution >= 0.6 is 22.7 Å². The van der Waals surface area contributed by atoms with E-state index in [1.165, 1.54) is 155 Å². The van der Waals surface area contributed by atoms with Crippen LogP contribution in [0.15, 0.2) is 60.7 Å². The number of aryl methyl sites for hydroxylation is 4. The van der Waals surface area contributed by atoms with E-state index in [1.807, 2.05) is 22.7 Å². The van der Waals surface area contributed by atoms with Crippen molar-refractivity contribution in [2.24, 2.45) is 0 Å². The van der Waals surface area contributed by atoms with Crippen molar-refractivity contribution >= 4 is 44.2 Å². The van der Waals surface area contributed by atoms with Crippen LogP contribution in [-0.2, 0) is 51.4 Å². The van der Waals surface area contributed by atoms with Crippen LogP contribution in [0.4, 0.5) is 0 Å². The third-order valence-electron chi connectivity index (χ3n) is 11.5. The predicted octanol–water partition coefficient (Wildman–Crippen LogP) is 16.7. The average Bonchev–Trinajstić information content (AvgIpc) is 3.88. The molecule has 286 valence electrons. The zero-order valence-electron chi connectivity index (χ0n) is 34.9. The fraction of sp³-hybridized carbons (Fsp3) is 0.462. The summed E-state index contributed by atoms with van der Waals surface area (Å²) in [7, 11) is 0. The summed E-state index contributed by atoms with van der Waals surface area (Å²) in [5.41, 5.74) is 15.9. The largest absolute Gasteiger partial charge is 0.134 e. The SMILES string of the molecule is CCCc1c(CCC)c(CCC)c2cc(-c3ccc(-c4ccc(-c5ccc6c(CCC)c(CCC)c(CCC)c(CCC)c6c5)s4)s3)ccc2c1CCC. The van der Waals surface area contributed by atoms with Gasteiger partial charge in [-0.1, -0.05) is 131 Å². The van der Waals surface area contributed by atoms with Gasteiger partial charge in [0.05, 0.1) is 0 Å². The van der Waals surface area contributed by atoms with Gasteiger partial charge >= 0.3 is 0 Å². The molecule has 4 aromatic carbocycles. The highest BCUT2D eigenvalue weighted by Gasteiger charge is 2.21. The molecule has 2 aromatic heterocycles. The van der Waals surface area contributed by atoms with Gasteiger partial charge in [0, 0.05) is 19.5 Å². The normalized spacial score (nSPS) is 11.8. The van der Waals surface area contributed by atoms with Crippen molar-refractivity contribution in [2.75, 3.05) is 0 Å². The molecule has 0 bridgehead atoms. The molecule has 54 heavy (non-hydrogen) atoms. The number of hydrogen-bond acceptors (Lipinski definition) is 2. The molecule has 2 heteroatoms. The summed E-state index contributed by atoms with van der Waals surface area (Å²) in [5, 5.41) is 6.04. The highest BCUT2D eigenvalue weighted by molar-refractivity contribution is 7.25. The second-order valence-corrected chi connectivity index (χ2v) is 17.8. The van der Waals surface area contributed by atoms with Gasteiger partial charge in [0.1, 0.15) is 0 Å². The first-order chi connectivity index (χ1) is 26.5. The molecule has 0 amide bonds. The Morgan fingerprint density at radius 3 is 0.833 bits per heavy atom. The molecule has 0 aliphatic rings. The molecule has 0 atom stereocenters. The Morgan fingerprint density at radius 2 is 0.537 bits per heavy atom. The Labute approximate surface area is 336 Å². The van der Waals surface area contributed by atoms with Crippen LogP contribution in [0.2, 0.25) is 0 Å². The molecule has 0 N–H and O–H groups in total. The molecule has 0 aliphatic carbocycles. The van der Waals surface area contributed by atoms with Crippen LogP contribution in [0.1, 0.15) is 151 Å². The number of fused-ring (bicyclic) bond motifs is 2. The minimum atomic E-state index is 1.17. The average molecular weight is 755 g/mol. The van der Waals surface area contributed by atoms with E-state index in [0.717, 1.165) is 0 Å². The van der Waals surface area contributed by atoms with Gasteiger partial charge in [-0.25, -0.2) is 0 Å². The van der Waals surface area contributed by atoms with Crippen molar-refractivity contribution < 1.29 is 0 Å². The first-order valence-corrected chi connectivity index (χ1v) is 23.5. The van der Waals surface area contributed by atoms with Gasteiger partial charge in [0.25, 0.3) is 0 Å². The summed E-state index contributed by atoms with van der Waals surface area (Å²) in [6, 6.07) is 24.4. The monoisotopic (exact) mass is 754 g/mol. The minimum absolute atomic E-state index is 1.17. The number of rotatable bonds is 19. The zero-order valence-corrected chi connectivity index (χ0v) is 36.5. The van der Waals surface area contributed by atoms with Gasteiger partial charge in [0.15, 0.2) is 0 Å². The molecule has 2 heterocycles. The van der Waals surface area contributed by atoms with Crippen LogP contribution in [0.5, 0.6) is 0 Å². The second kappa shape index (κ2) is 19.1. The fourth-order valence-electron chi connectivity index (χ4n) is 9.40. The molecule has 0 aliphatic heterocycles. The molecule has 0 unspecified atom stereocenters. The molecule has 0 fully saturated rings. The fourth-order valence-corrected chi connectivity index (χ4v) is 11.5. The van der Waals surface area contributed by atoms with Gasteiger partial charge in [-0.3, -0.25) is 0 Å². The quantitative estimate of drug-likeness (QED) is 0.0772. The van der Waals surface area contributed by atoms with E-state index in [0.29, 0.717) is 0 Å². The van der Waals surface area contributed by atoms with E-state index in [2.05, 4.69) is 116 Å². The second-order valence-electron chi connectivity index (χ2n) is 15.7. The van der Waals surface area contributed by atoms with Gasteiger partial charge in [0.2, 0.25) is 0 Å². The van der Waals surface area contributed by atoms with E-state index < -0.39 is 0 Å². The molecular weight excluding hydrogens is 689 g/mol. The van der Waals surface area contributed by atoms with Crippen LogP contribution < -0.4 is 0 Å². The Morgan fingerprint density at radius 1 is 0.278 bits per heavy atom. The van der Waals surface area contributed by atoms with Crippen molar-refractivity contribution in [2.45, 2.75) is 158 Å². The summed E-state index contributed by atoms with van der Waals surface area (Å²) in [5.74, 6) is 0. The number of benzene rings is 4. The van der Waals surface area contributed by atoms with Crippen molar-refractivity contribution in [3.63, 3.8) is 0 Å². The summed E-state index contributed by atoms with van der Waals surface area (Å²) < 4.78 is 0. The van der Waals surface area contributed by atoms with E-state index in [9.17, 15) is 0 Å². The lowest BCUT2D eigenvalue weighted by atomic mass is 9.82. The third kappa shape index (κ3) is 8.17. The summed E-state index contributed by atoms with van der Waals surface area (Å²) in [4.78, 5) is 5.50. The van der Waals surface area contributed by atoms with E-state index in [-0.39, 0.29) is 0 Å². The number of thiophene rings is 2. The maximum Gasteiger partial charge on any atom is 0.0449 e. The highest BCUT2D eigenvalue weighted by Crippen LogP contribution is 2.44. The molecule has 0 spiro atoms. The molecular formula is C52H66S2. The lowest BCUT2D eigenvalue weighted by Gasteiger charge is -2.23. The van der Waals surface area contributed by atoms with Gasteiger partial charge in [-0.05, 0) is 165 Å². The van der Waals surface area contributed by atoms with Crippen molar-refractivity contribution in [1.82, 2.24) is 0 Å². The van der Waals surface area contributed by atoms with Crippen molar-refractivity contribution in [3.05, 3.63) is 105 Å². The maximum absolute atomic E-state index is 2.55. The molecule has 0 saturated heterocycles. The van der Waals surface area contributed by atoms with Crippen molar-refractivity contribution in [1.29, 1.82) is 0 Å². The first kappa shape index (κ1) is 40.5. The minimum Gasteiger partial charge on any atom is -0.134 e. The van der Waals surface area contributed by atoms with Crippen LogP contribution in [0.3, 0.4) is 0 Å². The van der Waals surface area contributed by atoms with Crippen LogP contribution in [0, 0.1) is 0 Å². The van der Waals surface area contributed by atoms with Gasteiger partial charge in [-0.2, -0.15) is 0 Å². The van der Waals surface area contributed by atoms with Crippen LogP contribution in [-0.4, -0.2) is 0 Å². The molecule has 6 aromatic rings. The van der Waals surface area contributed by atoms with E-state index >= 15 is 0 Å². The Bertz CT molecular complexity index is 2010. The lowest BCUT2D eigenvalue weighted by molar-refractivity contribution is 0.810. The first-order valence-electron chi connectivity index (χ1n) is 21.8. The topological polar surface area (TPSA) is 0 Å². The molecule has 0 nitrogen and oxygen atoms in total. The standard InChI is InChI=1S/C52H66S2/c1-9-17-37-39(19-11-3)43(23-15-7)47-33-35(25-27-45(47)41(37)21-13-5)49-29-31-51(53-49)52-32-30-50(54-52)36-26-28-46-42(22-14-6)38(18-10-2)40(20-12-4)44(24-16-8)48(46)34-36/h25-34H,9-24H2,1-8H3. The molecule has 0 saturated carbocycles. The molecule has 0 radical (unpaired) electrons. The third-order valence-corrected chi connectivity index (χ3v) is 14.0. The van der Waals surface area contributed by atoms with Gasteiger partial charge < -0.3 is 0 Å². The Balaban J connectivity index is 1.40. The smallest absolute Gasteiger partial charge is 0.0449 e. The number of hydrogen-bond donors (Lipinski definition) is 0. The molecule has 6 rings (SSSR count). The summed E-state index contributed by atoms with van der Waals surface area (Å²) in [6.07, 6.45) is 19.1. The van der Waals surface area contributed by atoms with Crippen molar-refractivity contribution in [3.8, 4) is 30.6 Å². The lowest BCUT2D eigenvalue weighted by Crippen LogP contribution is -2.07. The highest BCUT2D eigenvalue weighted by atomic mass is 32.1. The maximum atomic E-state index is 2.55. The Hall–Kier alpha value is -3.20. The van der Waals surface area contributed by atoms with Crippen LogP contribution in [0.25, 0.3) is 52.2 Å². The Kier molecular flexibility index (Phi) is 14.3. The van der Waals surface area contributed by atoms with E-state index in [4.69, 9.17) is 0 Å². The van der Waals surface area contributed by atoms with E-state index in [1.54, 1.807) is 44.5 Å². The summed E-state index contributed by atoms with van der Waals surface area (Å²) in [6.45, 7) is 18.8. The predicted molar refractivity (Wildman–Crippen MR) is 245 cm³/mol. The summed E-state index contributed by atoms with van der Waals surface area (Å²) >= 11 is 3.92. The van der Waals surface area contributed by atoms with Gasteiger partial charge in [-0.15, -0.1) is 22.7 Å². The zero-order chi connectivity index (χ0) is 38.2.